The van der Waals surface area contributed by atoms with Gasteiger partial charge < -0.3 is 10.4 Å². The lowest BCUT2D eigenvalue weighted by Crippen LogP contribution is -2.49. The van der Waals surface area contributed by atoms with Crippen molar-refractivity contribution >= 4 is 17.7 Å². The highest BCUT2D eigenvalue weighted by Crippen LogP contribution is 2.20. The normalized spacial score (nSPS) is 11.0. The Morgan fingerprint density at radius 2 is 1.90 bits per heavy atom. The molecule has 0 radical (unpaired) electrons. The number of carboxylic acids is 1. The Bertz CT molecular complexity index is 498. The average Bonchev–Trinajstić information content (AvgIpc) is 2.37. The van der Waals surface area contributed by atoms with Crippen molar-refractivity contribution in [2.45, 2.75) is 39.2 Å². The van der Waals surface area contributed by atoms with E-state index in [1.807, 2.05) is 13.8 Å². The van der Waals surface area contributed by atoms with Crippen molar-refractivity contribution in [1.82, 2.24) is 5.32 Å². The van der Waals surface area contributed by atoms with Crippen LogP contribution in [0.5, 0.6) is 0 Å². The predicted octanol–water partition coefficient (Wildman–Crippen LogP) is 3.11. The second-order valence-electron chi connectivity index (χ2n) is 5.45. The molecule has 0 spiro atoms. The molecule has 1 rings (SSSR count). The number of carbonyl (C=O) groups excluding carboxylic acids is 1. The SMILES string of the molecule is CCCC(C)(C)NC(=O)N(C)c1ccccc1C(=O)O. The zero-order chi connectivity index (χ0) is 15.3. The van der Waals surface area contributed by atoms with E-state index in [0.717, 1.165) is 12.8 Å². The van der Waals surface area contributed by atoms with Gasteiger partial charge >= 0.3 is 12.0 Å². The van der Waals surface area contributed by atoms with Crippen LogP contribution in [0.15, 0.2) is 24.3 Å². The van der Waals surface area contributed by atoms with Gasteiger partial charge in [-0.05, 0) is 32.4 Å². The van der Waals surface area contributed by atoms with E-state index >= 15 is 0 Å². The zero-order valence-electron chi connectivity index (χ0n) is 12.4. The van der Waals surface area contributed by atoms with Gasteiger partial charge in [-0.25, -0.2) is 9.59 Å². The predicted molar refractivity (Wildman–Crippen MR) is 79.3 cm³/mol. The lowest BCUT2D eigenvalue weighted by Gasteiger charge is -2.29. The number of rotatable bonds is 5. The smallest absolute Gasteiger partial charge is 0.337 e. The number of carboxylic acid groups (broad SMARTS) is 1. The number of para-hydroxylation sites is 1. The molecule has 0 heterocycles. The van der Waals surface area contributed by atoms with Gasteiger partial charge in [0, 0.05) is 12.6 Å². The number of aromatic carboxylic acids is 1. The van der Waals surface area contributed by atoms with Crippen LogP contribution >= 0.6 is 0 Å². The Morgan fingerprint density at radius 1 is 1.30 bits per heavy atom. The first-order valence-corrected chi connectivity index (χ1v) is 6.66. The highest BCUT2D eigenvalue weighted by molar-refractivity contribution is 6.01. The van der Waals surface area contributed by atoms with Gasteiger partial charge in [0.05, 0.1) is 11.3 Å². The molecule has 5 heteroatoms. The van der Waals surface area contributed by atoms with E-state index in [4.69, 9.17) is 5.11 Å². The van der Waals surface area contributed by atoms with Crippen LogP contribution in [-0.2, 0) is 0 Å². The van der Waals surface area contributed by atoms with Crippen molar-refractivity contribution in [2.24, 2.45) is 0 Å². The van der Waals surface area contributed by atoms with Crippen molar-refractivity contribution in [1.29, 1.82) is 0 Å². The molecule has 1 aromatic carbocycles. The fraction of sp³-hybridized carbons (Fsp3) is 0.467. The summed E-state index contributed by atoms with van der Waals surface area (Å²) in [7, 11) is 1.57. The molecule has 2 N–H and O–H groups in total. The van der Waals surface area contributed by atoms with Crippen LogP contribution in [0.25, 0.3) is 0 Å². The molecule has 110 valence electrons. The topological polar surface area (TPSA) is 69.6 Å². The van der Waals surface area contributed by atoms with E-state index < -0.39 is 5.97 Å². The standard InChI is InChI=1S/C15H22N2O3/c1-5-10-15(2,3)16-14(20)17(4)12-9-7-6-8-11(12)13(18)19/h6-9H,5,10H2,1-4H3,(H,16,20)(H,18,19). The fourth-order valence-corrected chi connectivity index (χ4v) is 2.12. The molecule has 0 saturated carbocycles. The highest BCUT2D eigenvalue weighted by Gasteiger charge is 2.23. The van der Waals surface area contributed by atoms with Crippen molar-refractivity contribution in [3.63, 3.8) is 0 Å². The first-order chi connectivity index (χ1) is 9.28. The summed E-state index contributed by atoms with van der Waals surface area (Å²) in [6.07, 6.45) is 1.82. The van der Waals surface area contributed by atoms with E-state index in [0.29, 0.717) is 5.69 Å². The summed E-state index contributed by atoms with van der Waals surface area (Å²) in [6, 6.07) is 6.15. The van der Waals surface area contributed by atoms with Crippen LogP contribution in [0.2, 0.25) is 0 Å². The van der Waals surface area contributed by atoms with Crippen molar-refractivity contribution in [3.05, 3.63) is 29.8 Å². The number of nitrogens with zero attached hydrogens (tertiary/aromatic N) is 1. The summed E-state index contributed by atoms with van der Waals surface area (Å²) >= 11 is 0. The summed E-state index contributed by atoms with van der Waals surface area (Å²) in [5.41, 5.74) is 0.168. The molecule has 0 aromatic heterocycles. The Labute approximate surface area is 119 Å². The van der Waals surface area contributed by atoms with Gasteiger partial charge in [-0.15, -0.1) is 0 Å². The van der Waals surface area contributed by atoms with E-state index in [9.17, 15) is 9.59 Å². The van der Waals surface area contributed by atoms with E-state index in [1.54, 1.807) is 25.2 Å². The number of carbonyl (C=O) groups is 2. The van der Waals surface area contributed by atoms with E-state index in [2.05, 4.69) is 12.2 Å². The number of amides is 2. The summed E-state index contributed by atoms with van der Waals surface area (Å²) < 4.78 is 0. The molecule has 5 nitrogen and oxygen atoms in total. The summed E-state index contributed by atoms with van der Waals surface area (Å²) in [5, 5.41) is 12.1. The maximum Gasteiger partial charge on any atom is 0.337 e. The third-order valence-corrected chi connectivity index (χ3v) is 3.12. The van der Waals surface area contributed by atoms with Gasteiger partial charge in [-0.3, -0.25) is 4.90 Å². The van der Waals surface area contributed by atoms with Crippen LogP contribution in [0, 0.1) is 0 Å². The fourth-order valence-electron chi connectivity index (χ4n) is 2.12. The summed E-state index contributed by atoms with van der Waals surface area (Å²) in [6.45, 7) is 5.95. The van der Waals surface area contributed by atoms with Gasteiger partial charge in [-0.1, -0.05) is 25.5 Å². The molecule has 0 aliphatic heterocycles. The Kier molecular flexibility index (Phi) is 5.13. The van der Waals surface area contributed by atoms with Crippen LogP contribution < -0.4 is 10.2 Å². The number of urea groups is 1. The minimum Gasteiger partial charge on any atom is -0.478 e. The third kappa shape index (κ3) is 3.98. The van der Waals surface area contributed by atoms with E-state index in [-0.39, 0.29) is 17.1 Å². The quantitative estimate of drug-likeness (QED) is 0.869. The first kappa shape index (κ1) is 16.0. The second kappa shape index (κ2) is 6.41. The molecule has 20 heavy (non-hydrogen) atoms. The largest absolute Gasteiger partial charge is 0.478 e. The molecule has 0 saturated heterocycles. The first-order valence-electron chi connectivity index (χ1n) is 6.66. The van der Waals surface area contributed by atoms with Crippen LogP contribution in [0.4, 0.5) is 10.5 Å². The highest BCUT2D eigenvalue weighted by atomic mass is 16.4. The molecule has 0 aliphatic rings. The number of nitrogens with one attached hydrogen (secondary N) is 1. The molecule has 0 aliphatic carbocycles. The number of benzene rings is 1. The average molecular weight is 278 g/mol. The monoisotopic (exact) mass is 278 g/mol. The van der Waals surface area contributed by atoms with E-state index in [1.165, 1.54) is 11.0 Å². The van der Waals surface area contributed by atoms with Gasteiger partial charge in [-0.2, -0.15) is 0 Å². The number of hydrogen-bond donors (Lipinski definition) is 2. The molecule has 0 unspecified atom stereocenters. The minimum absolute atomic E-state index is 0.110. The van der Waals surface area contributed by atoms with Crippen molar-refractivity contribution in [2.75, 3.05) is 11.9 Å². The molecule has 0 atom stereocenters. The maximum atomic E-state index is 12.2. The summed E-state index contributed by atoms with van der Waals surface area (Å²) in [4.78, 5) is 24.7. The van der Waals surface area contributed by atoms with Crippen molar-refractivity contribution in [3.8, 4) is 0 Å². The number of hydrogen-bond acceptors (Lipinski definition) is 2. The lowest BCUT2D eigenvalue weighted by molar-refractivity contribution is 0.0697. The Balaban J connectivity index is 2.93. The molecule has 2 amide bonds. The third-order valence-electron chi connectivity index (χ3n) is 3.12. The van der Waals surface area contributed by atoms with Gasteiger partial charge in [0.1, 0.15) is 0 Å². The maximum absolute atomic E-state index is 12.2. The molecule has 1 aromatic rings. The zero-order valence-corrected chi connectivity index (χ0v) is 12.4. The minimum atomic E-state index is -1.05. The number of anilines is 1. The molecule has 0 fully saturated rings. The van der Waals surface area contributed by atoms with Gasteiger partial charge in [0.15, 0.2) is 0 Å². The Hall–Kier alpha value is -2.04. The second-order valence-corrected chi connectivity index (χ2v) is 5.45. The van der Waals surface area contributed by atoms with Crippen LogP contribution in [-0.4, -0.2) is 29.7 Å². The van der Waals surface area contributed by atoms with Gasteiger partial charge in [0.25, 0.3) is 0 Å². The molecular weight excluding hydrogens is 256 g/mol. The summed E-state index contributed by atoms with van der Waals surface area (Å²) in [5.74, 6) is -1.05. The molecular formula is C15H22N2O3. The van der Waals surface area contributed by atoms with Crippen LogP contribution in [0.3, 0.4) is 0 Å². The lowest BCUT2D eigenvalue weighted by atomic mass is 9.99. The Morgan fingerprint density at radius 3 is 2.45 bits per heavy atom. The van der Waals surface area contributed by atoms with Crippen LogP contribution in [0.1, 0.15) is 44.0 Å². The van der Waals surface area contributed by atoms with Gasteiger partial charge in [0.2, 0.25) is 0 Å². The molecule has 0 bridgehead atoms. The van der Waals surface area contributed by atoms with Crippen molar-refractivity contribution < 1.29 is 14.7 Å².